The first-order chi connectivity index (χ1) is 17.7. The summed E-state index contributed by atoms with van der Waals surface area (Å²) in [7, 11) is -0.778. The van der Waals surface area contributed by atoms with Gasteiger partial charge in [-0.15, -0.1) is 5.75 Å². The first kappa shape index (κ1) is 27.6. The number of benzene rings is 3. The average molecular weight is 542 g/mol. The van der Waals surface area contributed by atoms with Crippen LogP contribution in [0.4, 0.5) is 0 Å². The summed E-state index contributed by atoms with van der Waals surface area (Å²) < 4.78 is 36.8. The topological polar surface area (TPSA) is 98.0 Å². The van der Waals surface area contributed by atoms with Crippen LogP contribution in [0.15, 0.2) is 97.3 Å². The van der Waals surface area contributed by atoms with Gasteiger partial charge in [0.15, 0.2) is 18.2 Å². The zero-order chi connectivity index (χ0) is 26.8. The maximum atomic E-state index is 13.7. The molecule has 4 rings (SSSR count). The summed E-state index contributed by atoms with van der Waals surface area (Å²) in [6.07, 6.45) is 2.98. The maximum Gasteiger partial charge on any atom is 0.728 e. The highest BCUT2D eigenvalue weighted by Crippen LogP contribution is 2.44. The molecule has 0 saturated carbocycles. The molecule has 0 N–H and O–H groups in total. The highest BCUT2D eigenvalue weighted by atomic mass is 35.5. The molecule has 0 spiro atoms. The van der Waals surface area contributed by atoms with Gasteiger partial charge < -0.3 is 23.6 Å². The normalized spacial score (nSPS) is 10.5. The lowest BCUT2D eigenvalue weighted by molar-refractivity contribution is -0.536. The van der Waals surface area contributed by atoms with E-state index in [2.05, 4.69) is 0 Å². The second-order valence-corrected chi connectivity index (χ2v) is 9.68. The zero-order valence-electron chi connectivity index (χ0n) is 20.4. The van der Waals surface area contributed by atoms with Crippen molar-refractivity contribution in [2.24, 2.45) is 0 Å². The molecule has 8 nitrogen and oxygen atoms in total. The van der Waals surface area contributed by atoms with E-state index >= 15 is 0 Å². The Bertz CT molecular complexity index is 1290. The molecule has 10 heteroatoms. The molecule has 0 amide bonds. The number of halogens is 1. The number of hydrogen-bond donors (Lipinski definition) is 0. The number of carbonyl (C=O) groups excluding carboxylic acids is 1. The van der Waals surface area contributed by atoms with Crippen molar-refractivity contribution in [3.8, 4) is 28.7 Å². The minimum absolute atomic E-state index is 0.0440. The molecular weight excluding hydrogens is 517 g/mol. The van der Waals surface area contributed by atoms with Crippen LogP contribution in [0.1, 0.15) is 17.3 Å². The molecule has 0 fully saturated rings. The van der Waals surface area contributed by atoms with E-state index in [-0.39, 0.29) is 11.5 Å². The lowest BCUT2D eigenvalue weighted by Crippen LogP contribution is -2.35. The van der Waals surface area contributed by atoms with Crippen LogP contribution in [-0.4, -0.2) is 20.0 Å². The van der Waals surface area contributed by atoms with Crippen molar-refractivity contribution in [2.75, 3.05) is 14.2 Å². The number of rotatable bonds is 8. The third kappa shape index (κ3) is 8.00. The van der Waals surface area contributed by atoms with Crippen LogP contribution in [0, 0.1) is 0 Å². The van der Waals surface area contributed by atoms with Crippen molar-refractivity contribution in [3.63, 3.8) is 0 Å². The van der Waals surface area contributed by atoms with Crippen LogP contribution in [0.2, 0.25) is 5.02 Å². The molecule has 37 heavy (non-hydrogen) atoms. The maximum absolute atomic E-state index is 13.7. The number of methoxy groups -OCH3 is 2. The van der Waals surface area contributed by atoms with Gasteiger partial charge >= 0.3 is 7.75 Å². The third-order valence-electron chi connectivity index (χ3n) is 4.86. The zero-order valence-corrected chi connectivity index (χ0v) is 22.0. The quantitative estimate of drug-likeness (QED) is 0.208. The number of pyridine rings is 1. The first-order valence-corrected chi connectivity index (χ1v) is 12.8. The highest BCUT2D eigenvalue weighted by molar-refractivity contribution is 7.47. The predicted octanol–water partition coefficient (Wildman–Crippen LogP) is 5.72. The van der Waals surface area contributed by atoms with Crippen LogP contribution in [0.3, 0.4) is 0 Å². The summed E-state index contributed by atoms with van der Waals surface area (Å²) in [5.41, 5.74) is 0.488. The van der Waals surface area contributed by atoms with Gasteiger partial charge in [-0.3, -0.25) is 4.79 Å². The van der Waals surface area contributed by atoms with Gasteiger partial charge in [0.05, 0.1) is 14.2 Å². The average Bonchev–Trinajstić information content (AvgIpc) is 2.90. The van der Waals surface area contributed by atoms with Gasteiger partial charge in [0.25, 0.3) is 0 Å². The number of Topliss-reactive ketones (excluding diaryl/α,β-unsaturated/α-hetero) is 1. The van der Waals surface area contributed by atoms with E-state index in [1.807, 2.05) is 0 Å². The monoisotopic (exact) mass is 541 g/mol. The third-order valence-corrected chi connectivity index (χ3v) is 6.81. The van der Waals surface area contributed by atoms with Gasteiger partial charge in [0.1, 0.15) is 23.0 Å². The smallest absolute Gasteiger partial charge is 0.728 e. The van der Waals surface area contributed by atoms with Gasteiger partial charge in [0.2, 0.25) is 0 Å². The Morgan fingerprint density at radius 2 is 1.24 bits per heavy atom. The molecule has 0 aliphatic carbocycles. The van der Waals surface area contributed by atoms with Gasteiger partial charge in [0, 0.05) is 22.7 Å². The second kappa shape index (κ2) is 12.8. The molecule has 192 valence electrons. The van der Waals surface area contributed by atoms with Crippen molar-refractivity contribution in [1.29, 1.82) is 0 Å². The SMILES string of the molecule is COc1ccc(OP(=O)(Oc2ccc(OC)cc2)[n+]2ccc(C(C)=O)cc2)cc1.[O-]c1cccc(Cl)c1. The van der Waals surface area contributed by atoms with Crippen LogP contribution >= 0.6 is 19.3 Å². The van der Waals surface area contributed by atoms with Crippen molar-refractivity contribution in [1.82, 2.24) is 0 Å². The van der Waals surface area contributed by atoms with Crippen molar-refractivity contribution < 1.29 is 37.3 Å². The van der Waals surface area contributed by atoms with Crippen LogP contribution in [0.25, 0.3) is 0 Å². The van der Waals surface area contributed by atoms with E-state index in [4.69, 9.17) is 30.1 Å². The van der Waals surface area contributed by atoms with E-state index in [1.165, 1.54) is 35.8 Å². The second-order valence-electron chi connectivity index (χ2n) is 7.48. The fraction of sp³-hybridized carbons (Fsp3) is 0.111. The van der Waals surface area contributed by atoms with Gasteiger partial charge in [-0.1, -0.05) is 34.1 Å². The number of hydrogen-bond acceptors (Lipinski definition) is 7. The summed E-state index contributed by atoms with van der Waals surface area (Å²) in [5, 5.41) is 10.9. The Kier molecular flexibility index (Phi) is 9.55. The van der Waals surface area contributed by atoms with Crippen LogP contribution in [-0.2, 0) is 4.57 Å². The molecule has 0 bridgehead atoms. The molecule has 4 aromatic rings. The van der Waals surface area contributed by atoms with E-state index in [9.17, 15) is 14.5 Å². The van der Waals surface area contributed by atoms with Crippen molar-refractivity contribution in [2.45, 2.75) is 6.92 Å². The first-order valence-electron chi connectivity index (χ1n) is 11.0. The molecule has 0 radical (unpaired) electrons. The predicted molar refractivity (Wildman–Crippen MR) is 138 cm³/mol. The molecule has 1 aromatic heterocycles. The Morgan fingerprint density at radius 1 is 0.784 bits per heavy atom. The van der Waals surface area contributed by atoms with Gasteiger partial charge in [-0.2, -0.15) is 4.57 Å². The summed E-state index contributed by atoms with van der Waals surface area (Å²) in [6.45, 7) is 1.46. The number of ketones is 1. The molecule has 0 unspecified atom stereocenters. The van der Waals surface area contributed by atoms with Crippen LogP contribution < -0.4 is 28.0 Å². The minimum Gasteiger partial charge on any atom is -0.872 e. The van der Waals surface area contributed by atoms with E-state index < -0.39 is 7.75 Å². The Balaban J connectivity index is 0.000000405. The van der Waals surface area contributed by atoms with Gasteiger partial charge in [-0.05, 0) is 61.5 Å². The molecule has 0 aliphatic rings. The summed E-state index contributed by atoms with van der Waals surface area (Å²) in [5.74, 6) is 1.82. The Morgan fingerprint density at radius 3 is 1.59 bits per heavy atom. The summed E-state index contributed by atoms with van der Waals surface area (Å²) in [4.78, 5) is 11.5. The lowest BCUT2D eigenvalue weighted by Gasteiger charge is -2.14. The van der Waals surface area contributed by atoms with E-state index in [0.717, 1.165) is 0 Å². The number of nitrogens with zero attached hydrogens (tertiary/aromatic N) is 1. The molecule has 0 atom stereocenters. The summed E-state index contributed by atoms with van der Waals surface area (Å²) >= 11 is 5.44. The Labute approximate surface area is 220 Å². The van der Waals surface area contributed by atoms with Crippen LogP contribution in [0.5, 0.6) is 28.7 Å². The molecule has 3 aromatic carbocycles. The molecule has 0 saturated heterocycles. The molecule has 1 heterocycles. The summed E-state index contributed by atoms with van der Waals surface area (Å²) in [6, 6.07) is 22.6. The fourth-order valence-corrected chi connectivity index (χ4v) is 4.58. The van der Waals surface area contributed by atoms with Crippen molar-refractivity contribution >= 4 is 25.1 Å². The number of carbonyl (C=O) groups is 1. The standard InChI is InChI=1S/C21H21NO6P.C6H5ClO/c1-16(23)17-12-14-22(15-13-17)29(24,27-20-8-4-18(25-2)5-9-20)28-21-10-6-19(26-3)7-11-21;7-5-2-1-3-6(8)4-5/h4-15H,1-3H3;1-4,8H/q+1;/p-1. The highest BCUT2D eigenvalue weighted by Gasteiger charge is 2.42. The lowest BCUT2D eigenvalue weighted by atomic mass is 10.2. The molecule has 0 aliphatic heterocycles. The minimum atomic E-state index is -3.89. The number of aromatic nitrogens is 1. The van der Waals surface area contributed by atoms with E-state index in [0.29, 0.717) is 33.6 Å². The molecular formula is C27H25ClNO7P. The van der Waals surface area contributed by atoms with Gasteiger partial charge in [-0.25, -0.2) is 0 Å². The Hall–Kier alpha value is -4.00. The largest absolute Gasteiger partial charge is 0.872 e. The number of ether oxygens (including phenoxy) is 2. The fourth-order valence-electron chi connectivity index (χ4n) is 2.94. The van der Waals surface area contributed by atoms with E-state index in [1.54, 1.807) is 87.0 Å². The van der Waals surface area contributed by atoms with Crippen molar-refractivity contribution in [3.05, 3.63) is 108 Å².